The van der Waals surface area contributed by atoms with Crippen LogP contribution in [0.3, 0.4) is 0 Å². The largest absolute Gasteiger partial charge is 0.453 e. The number of hydrogen-bond donors (Lipinski definition) is 2. The van der Waals surface area contributed by atoms with E-state index in [0.29, 0.717) is 19.1 Å². The van der Waals surface area contributed by atoms with Gasteiger partial charge in [-0.25, -0.2) is 9.59 Å². The van der Waals surface area contributed by atoms with Crippen molar-refractivity contribution in [2.45, 2.75) is 63.5 Å². The zero-order valence-electron chi connectivity index (χ0n) is 12.9. The highest BCUT2D eigenvalue weighted by Crippen LogP contribution is 2.17. The molecule has 0 aromatic rings. The maximum atomic E-state index is 12.0. The monoisotopic (exact) mass is 297 g/mol. The van der Waals surface area contributed by atoms with Crippen LogP contribution >= 0.6 is 0 Å². The molecular formula is C15H27N3O3. The molecule has 2 N–H and O–H groups in total. The lowest BCUT2D eigenvalue weighted by molar-refractivity contribution is 0.110. The first kappa shape index (κ1) is 15.9. The van der Waals surface area contributed by atoms with Crippen LogP contribution in [-0.2, 0) is 4.74 Å². The number of likely N-dealkylation sites (tertiary alicyclic amines) is 1. The van der Waals surface area contributed by atoms with Crippen LogP contribution in [0.2, 0.25) is 0 Å². The molecule has 0 bridgehead atoms. The van der Waals surface area contributed by atoms with Crippen LogP contribution in [0, 0.1) is 0 Å². The molecule has 6 heteroatoms. The van der Waals surface area contributed by atoms with E-state index in [2.05, 4.69) is 10.6 Å². The van der Waals surface area contributed by atoms with Crippen LogP contribution in [0.1, 0.15) is 51.4 Å². The van der Waals surface area contributed by atoms with E-state index in [1.165, 1.54) is 32.8 Å². The minimum Gasteiger partial charge on any atom is -0.453 e. The Bertz CT molecular complexity index is 346. The molecule has 0 spiro atoms. The van der Waals surface area contributed by atoms with Gasteiger partial charge in [-0.1, -0.05) is 25.7 Å². The van der Waals surface area contributed by atoms with Crippen molar-refractivity contribution in [3.8, 4) is 0 Å². The Morgan fingerprint density at radius 2 is 1.43 bits per heavy atom. The molecule has 120 valence electrons. The highest BCUT2D eigenvalue weighted by atomic mass is 16.5. The predicted molar refractivity (Wildman–Crippen MR) is 80.2 cm³/mol. The molecule has 0 radical (unpaired) electrons. The van der Waals surface area contributed by atoms with Gasteiger partial charge in [0, 0.05) is 25.2 Å². The average molecular weight is 297 g/mol. The number of carbonyl (C=O) groups excluding carboxylic acids is 2. The van der Waals surface area contributed by atoms with Crippen molar-refractivity contribution >= 4 is 12.1 Å². The molecule has 1 saturated heterocycles. The van der Waals surface area contributed by atoms with Gasteiger partial charge in [0.05, 0.1) is 7.11 Å². The molecule has 2 fully saturated rings. The summed E-state index contributed by atoms with van der Waals surface area (Å²) in [5.74, 6) is 0. The molecule has 0 aromatic carbocycles. The summed E-state index contributed by atoms with van der Waals surface area (Å²) >= 11 is 0. The van der Waals surface area contributed by atoms with E-state index in [9.17, 15) is 9.59 Å². The van der Waals surface area contributed by atoms with Crippen molar-refractivity contribution in [2.75, 3.05) is 20.2 Å². The summed E-state index contributed by atoms with van der Waals surface area (Å²) in [5, 5.41) is 6.13. The lowest BCUT2D eigenvalue weighted by Crippen LogP contribution is -2.50. The average Bonchev–Trinajstić information content (AvgIpc) is 2.75. The fraction of sp³-hybridized carbons (Fsp3) is 0.867. The Kier molecular flexibility index (Phi) is 6.14. The van der Waals surface area contributed by atoms with Crippen molar-refractivity contribution in [3.05, 3.63) is 0 Å². The molecule has 0 unspecified atom stereocenters. The first-order chi connectivity index (χ1) is 10.2. The number of urea groups is 1. The second-order valence-corrected chi connectivity index (χ2v) is 6.04. The zero-order valence-corrected chi connectivity index (χ0v) is 12.9. The summed E-state index contributed by atoms with van der Waals surface area (Å²) in [6, 6.07) is 0.415. The van der Waals surface area contributed by atoms with Crippen LogP contribution in [0.4, 0.5) is 9.59 Å². The van der Waals surface area contributed by atoms with Gasteiger partial charge in [0.25, 0.3) is 0 Å². The van der Waals surface area contributed by atoms with Crippen molar-refractivity contribution in [2.24, 2.45) is 0 Å². The molecule has 1 saturated carbocycles. The standard InChI is InChI=1S/C15H27N3O3/c1-21-15(20)18-10-8-13(9-11-18)17-14(19)16-12-6-4-2-3-5-7-12/h12-13H,2-11H2,1H3,(H2,16,17,19). The highest BCUT2D eigenvalue weighted by Gasteiger charge is 2.24. The lowest BCUT2D eigenvalue weighted by Gasteiger charge is -2.31. The smallest absolute Gasteiger partial charge is 0.409 e. The van der Waals surface area contributed by atoms with Gasteiger partial charge in [-0.15, -0.1) is 0 Å². The van der Waals surface area contributed by atoms with E-state index in [-0.39, 0.29) is 18.2 Å². The molecule has 1 aliphatic carbocycles. The number of ether oxygens (including phenoxy) is 1. The van der Waals surface area contributed by atoms with Gasteiger partial charge in [0.1, 0.15) is 0 Å². The van der Waals surface area contributed by atoms with Crippen LogP contribution in [0.25, 0.3) is 0 Å². The van der Waals surface area contributed by atoms with Gasteiger partial charge in [-0.3, -0.25) is 0 Å². The molecule has 0 aromatic heterocycles. The van der Waals surface area contributed by atoms with Gasteiger partial charge < -0.3 is 20.3 Å². The molecule has 0 atom stereocenters. The van der Waals surface area contributed by atoms with Gasteiger partial charge in [0.2, 0.25) is 0 Å². The first-order valence-corrected chi connectivity index (χ1v) is 8.09. The van der Waals surface area contributed by atoms with E-state index in [1.54, 1.807) is 4.90 Å². The van der Waals surface area contributed by atoms with Crippen molar-refractivity contribution in [1.82, 2.24) is 15.5 Å². The highest BCUT2D eigenvalue weighted by molar-refractivity contribution is 5.74. The van der Waals surface area contributed by atoms with Crippen molar-refractivity contribution < 1.29 is 14.3 Å². The number of rotatable bonds is 2. The minimum absolute atomic E-state index is 0.0570. The Morgan fingerprint density at radius 1 is 0.905 bits per heavy atom. The van der Waals surface area contributed by atoms with Gasteiger partial charge in [-0.05, 0) is 25.7 Å². The van der Waals surface area contributed by atoms with E-state index in [0.717, 1.165) is 25.7 Å². The summed E-state index contributed by atoms with van der Waals surface area (Å²) in [6.45, 7) is 1.28. The van der Waals surface area contributed by atoms with Crippen molar-refractivity contribution in [1.29, 1.82) is 0 Å². The summed E-state index contributed by atoms with van der Waals surface area (Å²) < 4.78 is 4.71. The van der Waals surface area contributed by atoms with Crippen LogP contribution in [0.15, 0.2) is 0 Å². The number of piperidine rings is 1. The Balaban J connectivity index is 1.68. The lowest BCUT2D eigenvalue weighted by atomic mass is 10.1. The van der Waals surface area contributed by atoms with Crippen molar-refractivity contribution in [3.63, 3.8) is 0 Å². The SMILES string of the molecule is COC(=O)N1CCC(NC(=O)NC2CCCCCC2)CC1. The number of hydrogen-bond acceptors (Lipinski definition) is 3. The van der Waals surface area contributed by atoms with E-state index < -0.39 is 0 Å². The molecule has 1 heterocycles. The summed E-state index contributed by atoms with van der Waals surface area (Å²) in [4.78, 5) is 25.1. The molecule has 2 aliphatic rings. The summed E-state index contributed by atoms with van der Waals surface area (Å²) in [7, 11) is 1.40. The third-order valence-electron chi connectivity index (χ3n) is 4.45. The Morgan fingerprint density at radius 3 is 1.95 bits per heavy atom. The van der Waals surface area contributed by atoms with Crippen LogP contribution < -0.4 is 10.6 Å². The third kappa shape index (κ3) is 5.10. The van der Waals surface area contributed by atoms with Crippen LogP contribution in [0.5, 0.6) is 0 Å². The number of nitrogens with one attached hydrogen (secondary N) is 2. The van der Waals surface area contributed by atoms with Gasteiger partial charge in [0.15, 0.2) is 0 Å². The summed E-state index contributed by atoms with van der Waals surface area (Å²) in [6.07, 6.45) is 8.46. The Hall–Kier alpha value is -1.46. The van der Waals surface area contributed by atoms with Crippen LogP contribution in [-0.4, -0.2) is 49.3 Å². The summed E-state index contributed by atoms with van der Waals surface area (Å²) in [5.41, 5.74) is 0. The second-order valence-electron chi connectivity index (χ2n) is 6.04. The number of carbonyl (C=O) groups is 2. The predicted octanol–water partition coefficient (Wildman–Crippen LogP) is 2.24. The fourth-order valence-corrected chi connectivity index (χ4v) is 3.17. The molecule has 2 rings (SSSR count). The van der Waals surface area contributed by atoms with E-state index >= 15 is 0 Å². The van der Waals surface area contributed by atoms with E-state index in [4.69, 9.17) is 4.74 Å². The minimum atomic E-state index is -0.281. The third-order valence-corrected chi connectivity index (χ3v) is 4.45. The fourth-order valence-electron chi connectivity index (χ4n) is 3.17. The molecule has 21 heavy (non-hydrogen) atoms. The normalized spacial score (nSPS) is 21.5. The molecular weight excluding hydrogens is 270 g/mol. The molecule has 1 aliphatic heterocycles. The first-order valence-electron chi connectivity index (χ1n) is 8.09. The maximum absolute atomic E-state index is 12.0. The van der Waals surface area contributed by atoms with Gasteiger partial charge in [-0.2, -0.15) is 0 Å². The second kappa shape index (κ2) is 8.10. The maximum Gasteiger partial charge on any atom is 0.409 e. The zero-order chi connectivity index (χ0) is 15.1. The number of nitrogens with zero attached hydrogens (tertiary/aromatic N) is 1. The molecule has 6 nitrogen and oxygen atoms in total. The Labute approximate surface area is 126 Å². The quantitative estimate of drug-likeness (QED) is 0.768. The van der Waals surface area contributed by atoms with E-state index in [1.807, 2.05) is 0 Å². The number of amides is 3. The molecule has 3 amide bonds. The van der Waals surface area contributed by atoms with Gasteiger partial charge >= 0.3 is 12.1 Å². The topological polar surface area (TPSA) is 70.7 Å². The number of methoxy groups -OCH3 is 1.